The quantitative estimate of drug-likeness (QED) is 0.549. The van der Waals surface area contributed by atoms with Crippen molar-refractivity contribution in [3.63, 3.8) is 0 Å². The van der Waals surface area contributed by atoms with Crippen molar-refractivity contribution in [2.45, 2.75) is 24.0 Å². The molecule has 0 aromatic heterocycles. The molecule has 4 rings (SSSR count). The summed E-state index contributed by atoms with van der Waals surface area (Å²) in [5.41, 5.74) is 5.06. The molecule has 3 aromatic carbocycles. The Morgan fingerprint density at radius 1 is 0.739 bits per heavy atom. The molecule has 23 heavy (non-hydrogen) atoms. The zero-order chi connectivity index (χ0) is 15.8. The lowest BCUT2D eigenvalue weighted by atomic mass is 9.98. The summed E-state index contributed by atoms with van der Waals surface area (Å²) in [6, 6.07) is 23.5. The van der Waals surface area contributed by atoms with Crippen LogP contribution in [0.5, 0.6) is 11.5 Å². The van der Waals surface area contributed by atoms with E-state index >= 15 is 0 Å². The van der Waals surface area contributed by atoms with E-state index in [4.69, 9.17) is 4.74 Å². The Bertz CT molecular complexity index is 852. The Kier molecular flexibility index (Phi) is 3.62. The molecule has 3 aromatic rings. The molecule has 0 saturated heterocycles. The molecule has 0 amide bonds. The van der Waals surface area contributed by atoms with E-state index in [1.165, 1.54) is 27.1 Å². The molecule has 0 N–H and O–H groups in total. The van der Waals surface area contributed by atoms with Crippen molar-refractivity contribution in [1.29, 1.82) is 0 Å². The monoisotopic (exact) mass is 318 g/mol. The number of thioether (sulfide) groups is 1. The number of rotatable bonds is 2. The van der Waals surface area contributed by atoms with Gasteiger partial charge in [0.25, 0.3) is 0 Å². The average molecular weight is 318 g/mol. The van der Waals surface area contributed by atoms with Crippen molar-refractivity contribution in [1.82, 2.24) is 0 Å². The molecular formula is C21H18OS. The first kappa shape index (κ1) is 14.4. The van der Waals surface area contributed by atoms with Gasteiger partial charge in [-0.05, 0) is 38.1 Å². The standard InChI is InChI=1S/C21H18OS/c1-14-7-10-16(11-8-14)23-21-17-5-3-4-6-19(17)22-20-12-9-15(2)13-18(20)21/h3-13,21H,1-2H3. The number of aryl methyl sites for hydroxylation is 2. The van der Waals surface area contributed by atoms with E-state index < -0.39 is 0 Å². The highest BCUT2D eigenvalue weighted by atomic mass is 32.2. The summed E-state index contributed by atoms with van der Waals surface area (Å²) in [6.45, 7) is 4.26. The van der Waals surface area contributed by atoms with Crippen LogP contribution in [0.2, 0.25) is 0 Å². The maximum absolute atomic E-state index is 6.11. The second kappa shape index (κ2) is 5.78. The molecule has 2 heteroatoms. The van der Waals surface area contributed by atoms with Gasteiger partial charge in [0, 0.05) is 16.0 Å². The molecule has 0 fully saturated rings. The zero-order valence-electron chi connectivity index (χ0n) is 13.2. The molecule has 1 heterocycles. The molecule has 0 spiro atoms. The lowest BCUT2D eigenvalue weighted by molar-refractivity contribution is 0.458. The van der Waals surface area contributed by atoms with Crippen molar-refractivity contribution < 1.29 is 4.74 Å². The van der Waals surface area contributed by atoms with Crippen LogP contribution in [0.1, 0.15) is 27.5 Å². The fourth-order valence-electron chi connectivity index (χ4n) is 2.92. The van der Waals surface area contributed by atoms with Gasteiger partial charge < -0.3 is 4.74 Å². The molecule has 1 nitrogen and oxygen atoms in total. The van der Waals surface area contributed by atoms with Crippen molar-refractivity contribution >= 4 is 11.8 Å². The van der Waals surface area contributed by atoms with E-state index in [9.17, 15) is 0 Å². The Morgan fingerprint density at radius 3 is 2.26 bits per heavy atom. The number of benzene rings is 3. The maximum Gasteiger partial charge on any atom is 0.132 e. The van der Waals surface area contributed by atoms with E-state index in [0.717, 1.165) is 11.5 Å². The van der Waals surface area contributed by atoms with E-state index in [1.54, 1.807) is 0 Å². The third-order valence-corrected chi connectivity index (χ3v) is 5.43. The third kappa shape index (κ3) is 2.75. The Balaban J connectivity index is 1.81. The minimum Gasteiger partial charge on any atom is -0.457 e. The van der Waals surface area contributed by atoms with Crippen LogP contribution in [0, 0.1) is 13.8 Å². The van der Waals surface area contributed by atoms with Crippen LogP contribution in [-0.2, 0) is 0 Å². The van der Waals surface area contributed by atoms with Crippen LogP contribution in [-0.4, -0.2) is 0 Å². The first-order valence-electron chi connectivity index (χ1n) is 7.81. The number of hydrogen-bond donors (Lipinski definition) is 0. The smallest absolute Gasteiger partial charge is 0.132 e. The summed E-state index contributed by atoms with van der Waals surface area (Å²) in [4.78, 5) is 1.28. The molecule has 0 saturated carbocycles. The van der Waals surface area contributed by atoms with Crippen molar-refractivity contribution in [2.75, 3.05) is 0 Å². The van der Waals surface area contributed by atoms with Crippen LogP contribution in [0.15, 0.2) is 71.6 Å². The highest BCUT2D eigenvalue weighted by Gasteiger charge is 2.27. The van der Waals surface area contributed by atoms with Gasteiger partial charge in [0.15, 0.2) is 0 Å². The molecule has 1 unspecified atom stereocenters. The topological polar surface area (TPSA) is 9.23 Å². The van der Waals surface area contributed by atoms with E-state index in [1.807, 2.05) is 17.8 Å². The molecule has 1 aliphatic rings. The minimum atomic E-state index is 0.262. The van der Waals surface area contributed by atoms with Crippen LogP contribution >= 0.6 is 11.8 Å². The summed E-state index contributed by atoms with van der Waals surface area (Å²) in [7, 11) is 0. The molecule has 0 radical (unpaired) electrons. The summed E-state index contributed by atoms with van der Waals surface area (Å²) >= 11 is 1.89. The van der Waals surface area contributed by atoms with Gasteiger partial charge in [-0.25, -0.2) is 0 Å². The second-order valence-electron chi connectivity index (χ2n) is 5.99. The van der Waals surface area contributed by atoms with Crippen LogP contribution < -0.4 is 4.74 Å². The Morgan fingerprint density at radius 2 is 1.43 bits per heavy atom. The van der Waals surface area contributed by atoms with Gasteiger partial charge >= 0.3 is 0 Å². The highest BCUT2D eigenvalue weighted by Crippen LogP contribution is 2.51. The van der Waals surface area contributed by atoms with Gasteiger partial charge in [-0.2, -0.15) is 0 Å². The largest absolute Gasteiger partial charge is 0.457 e. The lowest BCUT2D eigenvalue weighted by Gasteiger charge is -2.28. The predicted octanol–water partition coefficient (Wildman–Crippen LogP) is 6.29. The van der Waals surface area contributed by atoms with Crippen LogP contribution in [0.3, 0.4) is 0 Å². The Hall–Kier alpha value is -2.19. The van der Waals surface area contributed by atoms with Crippen molar-refractivity contribution in [2.24, 2.45) is 0 Å². The van der Waals surface area contributed by atoms with Gasteiger partial charge in [0.05, 0.1) is 5.25 Å². The molecule has 0 bridgehead atoms. The summed E-state index contributed by atoms with van der Waals surface area (Å²) in [5.74, 6) is 1.94. The summed E-state index contributed by atoms with van der Waals surface area (Å²) in [5, 5.41) is 0.262. The average Bonchev–Trinajstić information content (AvgIpc) is 2.57. The van der Waals surface area contributed by atoms with Crippen molar-refractivity contribution in [3.8, 4) is 11.5 Å². The molecular weight excluding hydrogens is 300 g/mol. The molecule has 114 valence electrons. The van der Waals surface area contributed by atoms with Crippen LogP contribution in [0.25, 0.3) is 0 Å². The van der Waals surface area contributed by atoms with E-state index in [0.29, 0.717) is 0 Å². The SMILES string of the molecule is Cc1ccc(SC2c3ccccc3Oc3ccc(C)cc32)cc1. The van der Waals surface area contributed by atoms with Gasteiger partial charge in [-0.3, -0.25) is 0 Å². The number of para-hydroxylation sites is 1. The number of fused-ring (bicyclic) bond motifs is 2. The summed E-state index contributed by atoms with van der Waals surface area (Å²) < 4.78 is 6.11. The van der Waals surface area contributed by atoms with Gasteiger partial charge in [-0.1, -0.05) is 53.6 Å². The molecule has 1 aliphatic heterocycles. The van der Waals surface area contributed by atoms with E-state index in [2.05, 4.69) is 74.5 Å². The number of ether oxygens (including phenoxy) is 1. The first-order valence-corrected chi connectivity index (χ1v) is 8.69. The third-order valence-electron chi connectivity index (χ3n) is 4.14. The fraction of sp³-hybridized carbons (Fsp3) is 0.143. The fourth-order valence-corrected chi connectivity index (χ4v) is 4.12. The van der Waals surface area contributed by atoms with Gasteiger partial charge in [-0.15, -0.1) is 11.8 Å². The maximum atomic E-state index is 6.11. The Labute approximate surface area is 141 Å². The van der Waals surface area contributed by atoms with Gasteiger partial charge in [0.2, 0.25) is 0 Å². The normalized spacial score (nSPS) is 15.5. The number of hydrogen-bond acceptors (Lipinski definition) is 2. The van der Waals surface area contributed by atoms with E-state index in [-0.39, 0.29) is 5.25 Å². The summed E-state index contributed by atoms with van der Waals surface area (Å²) in [6.07, 6.45) is 0. The van der Waals surface area contributed by atoms with Gasteiger partial charge in [0.1, 0.15) is 11.5 Å². The highest BCUT2D eigenvalue weighted by molar-refractivity contribution is 7.99. The lowest BCUT2D eigenvalue weighted by Crippen LogP contribution is -2.07. The first-order chi connectivity index (χ1) is 11.2. The minimum absolute atomic E-state index is 0.262. The second-order valence-corrected chi connectivity index (χ2v) is 7.17. The molecule has 0 aliphatic carbocycles. The van der Waals surface area contributed by atoms with Crippen LogP contribution in [0.4, 0.5) is 0 Å². The zero-order valence-corrected chi connectivity index (χ0v) is 14.1. The van der Waals surface area contributed by atoms with Crippen molar-refractivity contribution in [3.05, 3.63) is 89.0 Å². The predicted molar refractivity (Wildman–Crippen MR) is 96.6 cm³/mol. The molecule has 1 atom stereocenters.